The van der Waals surface area contributed by atoms with E-state index >= 15 is 0 Å². The quantitative estimate of drug-likeness (QED) is 0.896. The van der Waals surface area contributed by atoms with Crippen LogP contribution in [0.15, 0.2) is 18.3 Å². The summed E-state index contributed by atoms with van der Waals surface area (Å²) >= 11 is 0. The Morgan fingerprint density at radius 1 is 1.45 bits per heavy atom. The lowest BCUT2D eigenvalue weighted by Crippen LogP contribution is -2.57. The van der Waals surface area contributed by atoms with E-state index in [-0.39, 0.29) is 0 Å². The highest BCUT2D eigenvalue weighted by atomic mass is 16.5. The van der Waals surface area contributed by atoms with E-state index < -0.39 is 0 Å². The van der Waals surface area contributed by atoms with Crippen LogP contribution in [0, 0.1) is 5.92 Å². The topological polar surface area (TPSA) is 37.4 Å². The zero-order chi connectivity index (χ0) is 14.5. The number of methoxy groups -OCH3 is 1. The molecule has 1 aromatic heterocycles. The largest absolute Gasteiger partial charge is 0.481 e. The Hall–Kier alpha value is -1.13. The van der Waals surface area contributed by atoms with Gasteiger partial charge >= 0.3 is 0 Å². The van der Waals surface area contributed by atoms with Gasteiger partial charge in [-0.2, -0.15) is 0 Å². The number of rotatable bonds is 5. The first kappa shape index (κ1) is 15.3. The summed E-state index contributed by atoms with van der Waals surface area (Å²) < 4.78 is 5.12. The second-order valence-electron chi connectivity index (χ2n) is 5.96. The Morgan fingerprint density at radius 3 is 2.80 bits per heavy atom. The van der Waals surface area contributed by atoms with Crippen molar-refractivity contribution in [2.75, 3.05) is 20.2 Å². The van der Waals surface area contributed by atoms with Gasteiger partial charge in [-0.3, -0.25) is 4.90 Å². The minimum atomic E-state index is 0.587. The fourth-order valence-electron chi connectivity index (χ4n) is 2.79. The van der Waals surface area contributed by atoms with Crippen LogP contribution < -0.4 is 10.1 Å². The fourth-order valence-corrected chi connectivity index (χ4v) is 2.79. The van der Waals surface area contributed by atoms with Gasteiger partial charge in [0, 0.05) is 44.0 Å². The van der Waals surface area contributed by atoms with E-state index in [9.17, 15) is 0 Å². The number of nitrogens with one attached hydrogen (secondary N) is 1. The van der Waals surface area contributed by atoms with E-state index in [1.165, 1.54) is 12.0 Å². The summed E-state index contributed by atoms with van der Waals surface area (Å²) in [6.45, 7) is 10.0. The first-order valence-corrected chi connectivity index (χ1v) is 7.60. The Labute approximate surface area is 122 Å². The molecule has 1 N–H and O–H groups in total. The smallest absolute Gasteiger partial charge is 0.212 e. The molecule has 0 aromatic carbocycles. The monoisotopic (exact) mass is 277 g/mol. The molecule has 4 heteroatoms. The number of piperazine rings is 1. The molecule has 0 spiro atoms. The molecular weight excluding hydrogens is 250 g/mol. The van der Waals surface area contributed by atoms with Gasteiger partial charge in [-0.1, -0.05) is 26.8 Å². The molecule has 0 radical (unpaired) electrons. The molecule has 0 amide bonds. The van der Waals surface area contributed by atoms with E-state index in [1.54, 1.807) is 7.11 Å². The van der Waals surface area contributed by atoms with Gasteiger partial charge in [0.25, 0.3) is 0 Å². The number of aromatic nitrogens is 1. The van der Waals surface area contributed by atoms with E-state index in [1.807, 2.05) is 12.3 Å². The average molecular weight is 277 g/mol. The molecule has 1 aliphatic rings. The Morgan fingerprint density at radius 2 is 2.25 bits per heavy atom. The van der Waals surface area contributed by atoms with Crippen molar-refractivity contribution in [3.05, 3.63) is 23.9 Å². The number of ether oxygens (including phenoxy) is 1. The fraction of sp³-hybridized carbons (Fsp3) is 0.688. The molecule has 0 saturated carbocycles. The molecular formula is C16H27N3O. The van der Waals surface area contributed by atoms with Gasteiger partial charge in [0.1, 0.15) is 0 Å². The van der Waals surface area contributed by atoms with Crippen LogP contribution in [0.4, 0.5) is 0 Å². The van der Waals surface area contributed by atoms with Gasteiger partial charge in [0.05, 0.1) is 7.11 Å². The maximum atomic E-state index is 5.12. The number of pyridine rings is 1. The molecule has 2 atom stereocenters. The maximum absolute atomic E-state index is 5.12. The van der Waals surface area contributed by atoms with Crippen LogP contribution in [0.5, 0.6) is 5.88 Å². The summed E-state index contributed by atoms with van der Waals surface area (Å²) in [6.07, 6.45) is 3.11. The second kappa shape index (κ2) is 7.04. The molecule has 1 fully saturated rings. The Kier molecular flexibility index (Phi) is 5.38. The molecule has 2 rings (SSSR count). The predicted molar refractivity (Wildman–Crippen MR) is 81.9 cm³/mol. The normalized spacial score (nSPS) is 24.1. The van der Waals surface area contributed by atoms with Crippen LogP contribution in [0.1, 0.15) is 32.8 Å². The van der Waals surface area contributed by atoms with Crippen molar-refractivity contribution in [2.45, 2.75) is 45.8 Å². The van der Waals surface area contributed by atoms with Crippen molar-refractivity contribution in [1.29, 1.82) is 0 Å². The van der Waals surface area contributed by atoms with Gasteiger partial charge < -0.3 is 10.1 Å². The van der Waals surface area contributed by atoms with Crippen molar-refractivity contribution in [2.24, 2.45) is 5.92 Å². The number of nitrogens with zero attached hydrogens (tertiary/aromatic N) is 2. The van der Waals surface area contributed by atoms with Crippen LogP contribution in [0.2, 0.25) is 0 Å². The van der Waals surface area contributed by atoms with E-state index in [0.29, 0.717) is 23.9 Å². The summed E-state index contributed by atoms with van der Waals surface area (Å²) in [5, 5.41) is 3.68. The van der Waals surface area contributed by atoms with Crippen LogP contribution >= 0.6 is 0 Å². The van der Waals surface area contributed by atoms with Gasteiger partial charge in [-0.05, 0) is 17.9 Å². The molecule has 1 aliphatic heterocycles. The van der Waals surface area contributed by atoms with Gasteiger partial charge in [-0.15, -0.1) is 0 Å². The Balaban J connectivity index is 2.02. The predicted octanol–water partition coefficient (Wildman–Crippen LogP) is 2.30. The number of hydrogen-bond donors (Lipinski definition) is 1. The van der Waals surface area contributed by atoms with Crippen molar-refractivity contribution in [3.8, 4) is 5.88 Å². The molecule has 2 unspecified atom stereocenters. The SMILES string of the molecule is CCC1CNC(C(C)C)CN1Cc1ccc(OC)nc1. The van der Waals surface area contributed by atoms with Gasteiger partial charge in [-0.25, -0.2) is 4.98 Å². The Bertz CT molecular complexity index is 405. The molecule has 0 bridgehead atoms. The molecule has 0 aliphatic carbocycles. The zero-order valence-electron chi connectivity index (χ0n) is 13.1. The third kappa shape index (κ3) is 3.70. The summed E-state index contributed by atoms with van der Waals surface area (Å²) in [4.78, 5) is 6.89. The van der Waals surface area contributed by atoms with Gasteiger partial charge in [0.15, 0.2) is 0 Å². The third-order valence-corrected chi connectivity index (χ3v) is 4.23. The van der Waals surface area contributed by atoms with Crippen molar-refractivity contribution >= 4 is 0 Å². The summed E-state index contributed by atoms with van der Waals surface area (Å²) in [7, 11) is 1.65. The first-order chi connectivity index (χ1) is 9.63. The lowest BCUT2D eigenvalue weighted by molar-refractivity contribution is 0.103. The summed E-state index contributed by atoms with van der Waals surface area (Å²) in [6, 6.07) is 5.26. The van der Waals surface area contributed by atoms with Crippen molar-refractivity contribution in [3.63, 3.8) is 0 Å². The summed E-state index contributed by atoms with van der Waals surface area (Å²) in [5.74, 6) is 1.35. The van der Waals surface area contributed by atoms with Gasteiger partial charge in [0.2, 0.25) is 5.88 Å². The average Bonchev–Trinajstić information content (AvgIpc) is 2.48. The van der Waals surface area contributed by atoms with E-state index in [4.69, 9.17) is 4.74 Å². The minimum Gasteiger partial charge on any atom is -0.481 e. The van der Waals surface area contributed by atoms with Crippen LogP contribution in [-0.2, 0) is 6.54 Å². The highest BCUT2D eigenvalue weighted by molar-refractivity contribution is 5.18. The van der Waals surface area contributed by atoms with Crippen LogP contribution in [0.25, 0.3) is 0 Å². The van der Waals surface area contributed by atoms with Crippen LogP contribution in [0.3, 0.4) is 0 Å². The second-order valence-corrected chi connectivity index (χ2v) is 5.96. The molecule has 2 heterocycles. The highest BCUT2D eigenvalue weighted by Crippen LogP contribution is 2.18. The van der Waals surface area contributed by atoms with E-state index in [0.717, 1.165) is 19.6 Å². The van der Waals surface area contributed by atoms with Crippen molar-refractivity contribution < 1.29 is 4.74 Å². The minimum absolute atomic E-state index is 0.587. The highest BCUT2D eigenvalue weighted by Gasteiger charge is 2.28. The molecule has 1 aromatic rings. The van der Waals surface area contributed by atoms with Crippen molar-refractivity contribution in [1.82, 2.24) is 15.2 Å². The summed E-state index contributed by atoms with van der Waals surface area (Å²) in [5.41, 5.74) is 1.26. The van der Waals surface area contributed by atoms with Crippen LogP contribution in [-0.4, -0.2) is 42.2 Å². The third-order valence-electron chi connectivity index (χ3n) is 4.23. The number of hydrogen-bond acceptors (Lipinski definition) is 4. The molecule has 4 nitrogen and oxygen atoms in total. The lowest BCUT2D eigenvalue weighted by Gasteiger charge is -2.41. The van der Waals surface area contributed by atoms with E-state index in [2.05, 4.69) is 42.0 Å². The standard InChI is InChI=1S/C16H27N3O/c1-5-14-9-17-15(12(2)3)11-19(14)10-13-6-7-16(20-4)18-8-13/h6-8,12,14-15,17H,5,9-11H2,1-4H3. The molecule has 112 valence electrons. The zero-order valence-corrected chi connectivity index (χ0v) is 13.1. The maximum Gasteiger partial charge on any atom is 0.212 e. The molecule has 1 saturated heterocycles. The molecule has 20 heavy (non-hydrogen) atoms. The first-order valence-electron chi connectivity index (χ1n) is 7.60. The lowest BCUT2D eigenvalue weighted by atomic mass is 9.98.